The van der Waals surface area contributed by atoms with Crippen molar-refractivity contribution in [2.24, 2.45) is 0 Å². The molecular formula is C13H17N5OS. The van der Waals surface area contributed by atoms with Gasteiger partial charge in [-0.15, -0.1) is 10.2 Å². The Labute approximate surface area is 121 Å². The second-order valence-corrected chi connectivity index (χ2v) is 5.18. The van der Waals surface area contributed by atoms with Gasteiger partial charge in [0.15, 0.2) is 0 Å². The van der Waals surface area contributed by atoms with Gasteiger partial charge in [0, 0.05) is 25.5 Å². The minimum Gasteiger partial charge on any atom is -0.360 e. The first kappa shape index (κ1) is 14.4. The minimum atomic E-state index is -0.180. The monoisotopic (exact) mass is 291 g/mol. The molecule has 0 atom stereocenters. The number of carbonyl (C=O) groups is 1. The molecule has 0 aliphatic heterocycles. The lowest BCUT2D eigenvalue weighted by molar-refractivity contribution is 0.0953. The Morgan fingerprint density at radius 2 is 2.05 bits per heavy atom. The Bertz CT molecular complexity index is 543. The van der Waals surface area contributed by atoms with E-state index >= 15 is 0 Å². The third-order valence-electron chi connectivity index (χ3n) is 2.59. The van der Waals surface area contributed by atoms with Gasteiger partial charge in [-0.1, -0.05) is 18.3 Å². The van der Waals surface area contributed by atoms with Gasteiger partial charge in [-0.25, -0.2) is 0 Å². The van der Waals surface area contributed by atoms with Crippen molar-refractivity contribution >= 4 is 22.4 Å². The van der Waals surface area contributed by atoms with E-state index in [1.54, 1.807) is 12.4 Å². The molecule has 0 aliphatic carbocycles. The van der Waals surface area contributed by atoms with Crippen molar-refractivity contribution in [2.45, 2.75) is 19.8 Å². The fourth-order valence-corrected chi connectivity index (χ4v) is 2.25. The predicted molar refractivity (Wildman–Crippen MR) is 79.0 cm³/mol. The molecule has 2 aromatic heterocycles. The molecule has 2 heterocycles. The number of hydrogen-bond donors (Lipinski definition) is 2. The van der Waals surface area contributed by atoms with E-state index in [4.69, 9.17) is 0 Å². The van der Waals surface area contributed by atoms with E-state index in [1.165, 1.54) is 11.3 Å². The highest BCUT2D eigenvalue weighted by Crippen LogP contribution is 2.14. The highest BCUT2D eigenvalue weighted by molar-refractivity contribution is 7.17. The van der Waals surface area contributed by atoms with Gasteiger partial charge in [-0.2, -0.15) is 0 Å². The number of nitrogens with one attached hydrogen (secondary N) is 2. The topological polar surface area (TPSA) is 79.8 Å². The van der Waals surface area contributed by atoms with Crippen LogP contribution in [0.3, 0.4) is 0 Å². The summed E-state index contributed by atoms with van der Waals surface area (Å²) in [5.74, 6) is -0.180. The normalized spacial score (nSPS) is 10.2. The maximum absolute atomic E-state index is 11.9. The Balaban J connectivity index is 1.78. The van der Waals surface area contributed by atoms with Gasteiger partial charge in [0.25, 0.3) is 5.91 Å². The number of anilines is 1. The lowest BCUT2D eigenvalue weighted by atomic mass is 10.2. The zero-order valence-electron chi connectivity index (χ0n) is 11.3. The maximum atomic E-state index is 11.9. The van der Waals surface area contributed by atoms with Gasteiger partial charge >= 0.3 is 0 Å². The third-order valence-corrected chi connectivity index (χ3v) is 3.47. The molecule has 0 radical (unpaired) electrons. The van der Waals surface area contributed by atoms with E-state index in [0.29, 0.717) is 16.7 Å². The highest BCUT2D eigenvalue weighted by Gasteiger charge is 2.11. The van der Waals surface area contributed by atoms with E-state index in [1.807, 2.05) is 12.1 Å². The molecule has 2 aromatic rings. The van der Waals surface area contributed by atoms with Gasteiger partial charge in [-0.3, -0.25) is 9.78 Å². The van der Waals surface area contributed by atoms with E-state index < -0.39 is 0 Å². The molecule has 0 fully saturated rings. The van der Waals surface area contributed by atoms with Crippen LogP contribution in [-0.4, -0.2) is 34.2 Å². The van der Waals surface area contributed by atoms with Crippen LogP contribution in [0.5, 0.6) is 0 Å². The van der Waals surface area contributed by atoms with E-state index in [-0.39, 0.29) is 5.91 Å². The Morgan fingerprint density at radius 3 is 2.80 bits per heavy atom. The highest BCUT2D eigenvalue weighted by atomic mass is 32.1. The lowest BCUT2D eigenvalue weighted by Crippen LogP contribution is -2.25. The number of hydrogen-bond acceptors (Lipinski definition) is 6. The number of amides is 1. The van der Waals surface area contributed by atoms with Crippen molar-refractivity contribution in [3.8, 4) is 0 Å². The Kier molecular flexibility index (Phi) is 5.43. The first-order chi connectivity index (χ1) is 9.79. The van der Waals surface area contributed by atoms with Crippen LogP contribution in [0.15, 0.2) is 24.5 Å². The summed E-state index contributed by atoms with van der Waals surface area (Å²) in [6.07, 6.45) is 5.27. The standard InChI is InChI=1S/C13H17N5OS/c1-2-6-16-13-18-17-12(20-13)11(19)15-9-5-10-3-7-14-8-4-10/h3-4,7-8H,2,5-6,9H2,1H3,(H,15,19)(H,16,18). The zero-order chi connectivity index (χ0) is 14.2. The average Bonchev–Trinajstić information content (AvgIpc) is 2.95. The SMILES string of the molecule is CCCNc1nnc(C(=O)NCCc2ccncc2)s1. The number of rotatable bonds is 7. The molecule has 0 unspecified atom stereocenters. The van der Waals surface area contributed by atoms with Gasteiger partial charge in [0.1, 0.15) is 0 Å². The fraction of sp³-hybridized carbons (Fsp3) is 0.385. The summed E-state index contributed by atoms with van der Waals surface area (Å²) < 4.78 is 0. The van der Waals surface area contributed by atoms with Gasteiger partial charge in [0.2, 0.25) is 10.1 Å². The van der Waals surface area contributed by atoms with Crippen molar-refractivity contribution in [1.82, 2.24) is 20.5 Å². The summed E-state index contributed by atoms with van der Waals surface area (Å²) in [6, 6.07) is 3.87. The quantitative estimate of drug-likeness (QED) is 0.812. The third kappa shape index (κ3) is 4.27. The van der Waals surface area contributed by atoms with Crippen molar-refractivity contribution in [3.63, 3.8) is 0 Å². The molecule has 1 amide bonds. The van der Waals surface area contributed by atoms with Crippen molar-refractivity contribution in [1.29, 1.82) is 0 Å². The molecule has 2 rings (SSSR count). The largest absolute Gasteiger partial charge is 0.360 e. The first-order valence-corrected chi connectivity index (χ1v) is 7.35. The van der Waals surface area contributed by atoms with Crippen molar-refractivity contribution in [2.75, 3.05) is 18.4 Å². The van der Waals surface area contributed by atoms with Crippen LogP contribution in [0.2, 0.25) is 0 Å². The second-order valence-electron chi connectivity index (χ2n) is 4.20. The van der Waals surface area contributed by atoms with Crippen LogP contribution < -0.4 is 10.6 Å². The summed E-state index contributed by atoms with van der Waals surface area (Å²) in [6.45, 7) is 3.47. The summed E-state index contributed by atoms with van der Waals surface area (Å²) >= 11 is 1.27. The molecule has 0 saturated heterocycles. The van der Waals surface area contributed by atoms with E-state index in [9.17, 15) is 4.79 Å². The van der Waals surface area contributed by atoms with E-state index in [0.717, 1.165) is 24.9 Å². The van der Waals surface area contributed by atoms with Gasteiger partial charge in [-0.05, 0) is 30.5 Å². The van der Waals surface area contributed by atoms with Crippen LogP contribution in [0.4, 0.5) is 5.13 Å². The lowest BCUT2D eigenvalue weighted by Gasteiger charge is -2.02. The average molecular weight is 291 g/mol. The van der Waals surface area contributed by atoms with Gasteiger partial charge < -0.3 is 10.6 Å². The van der Waals surface area contributed by atoms with Crippen LogP contribution in [-0.2, 0) is 6.42 Å². The van der Waals surface area contributed by atoms with Crippen molar-refractivity contribution < 1.29 is 4.79 Å². The number of carbonyl (C=O) groups excluding carboxylic acids is 1. The number of pyridine rings is 1. The fourth-order valence-electron chi connectivity index (χ4n) is 1.56. The predicted octanol–water partition coefficient (Wildman–Crippen LogP) is 1.73. The summed E-state index contributed by atoms with van der Waals surface area (Å²) in [5, 5.41) is 14.8. The molecule has 0 bridgehead atoms. The summed E-state index contributed by atoms with van der Waals surface area (Å²) in [4.78, 5) is 15.8. The molecule has 6 nitrogen and oxygen atoms in total. The number of aromatic nitrogens is 3. The Morgan fingerprint density at radius 1 is 1.25 bits per heavy atom. The van der Waals surface area contributed by atoms with Crippen LogP contribution in [0.1, 0.15) is 28.7 Å². The van der Waals surface area contributed by atoms with Crippen LogP contribution >= 0.6 is 11.3 Å². The van der Waals surface area contributed by atoms with Crippen LogP contribution in [0, 0.1) is 0 Å². The van der Waals surface area contributed by atoms with E-state index in [2.05, 4.69) is 32.7 Å². The minimum absolute atomic E-state index is 0.180. The molecule has 7 heteroatoms. The van der Waals surface area contributed by atoms with Crippen LogP contribution in [0.25, 0.3) is 0 Å². The molecule has 2 N–H and O–H groups in total. The second kappa shape index (κ2) is 7.54. The van der Waals surface area contributed by atoms with Crippen molar-refractivity contribution in [3.05, 3.63) is 35.1 Å². The maximum Gasteiger partial charge on any atom is 0.282 e. The molecule has 106 valence electrons. The molecule has 0 saturated carbocycles. The van der Waals surface area contributed by atoms with Gasteiger partial charge in [0.05, 0.1) is 0 Å². The first-order valence-electron chi connectivity index (χ1n) is 6.54. The number of nitrogens with zero attached hydrogens (tertiary/aromatic N) is 3. The smallest absolute Gasteiger partial charge is 0.282 e. The molecule has 20 heavy (non-hydrogen) atoms. The molecule has 0 spiro atoms. The zero-order valence-corrected chi connectivity index (χ0v) is 12.1. The molecule has 0 aromatic carbocycles. The Hall–Kier alpha value is -2.02. The summed E-state index contributed by atoms with van der Waals surface area (Å²) in [5.41, 5.74) is 1.14. The molecular weight excluding hydrogens is 274 g/mol. The summed E-state index contributed by atoms with van der Waals surface area (Å²) in [7, 11) is 0. The molecule has 0 aliphatic rings.